The van der Waals surface area contributed by atoms with Crippen molar-refractivity contribution in [2.75, 3.05) is 82.2 Å². The maximum Gasteiger partial charge on any atom is 0.237 e. The van der Waals surface area contributed by atoms with E-state index in [2.05, 4.69) is 16.0 Å². The van der Waals surface area contributed by atoms with E-state index < -0.39 is 0 Å². The first-order valence-corrected chi connectivity index (χ1v) is 19.0. The molecule has 9 nitrogen and oxygen atoms in total. The number of ketones is 2. The van der Waals surface area contributed by atoms with E-state index in [0.717, 1.165) is 74.7 Å². The molecule has 0 aliphatic heterocycles. The Morgan fingerprint density at radius 1 is 0.692 bits per heavy atom. The zero-order chi connectivity index (χ0) is 28.8. The molecule has 0 rings (SSSR count). The third-order valence-corrected chi connectivity index (χ3v) is 10.2. The molecule has 1 amide bonds. The van der Waals surface area contributed by atoms with Crippen LogP contribution in [0.4, 0.5) is 0 Å². The van der Waals surface area contributed by atoms with Crippen molar-refractivity contribution < 1.29 is 23.9 Å². The van der Waals surface area contributed by atoms with E-state index >= 15 is 0 Å². The van der Waals surface area contributed by atoms with Crippen LogP contribution in [0.25, 0.3) is 0 Å². The topological polar surface area (TPSA) is 132 Å². The number of nitrogens with one attached hydrogen (secondary N) is 3. The molecule has 230 valence electrons. The zero-order valence-corrected chi connectivity index (χ0v) is 27.2. The summed E-state index contributed by atoms with van der Waals surface area (Å²) in [6, 6.07) is -0.219. The minimum Gasteiger partial charge on any atom is -0.378 e. The van der Waals surface area contributed by atoms with Crippen molar-refractivity contribution in [2.24, 2.45) is 5.73 Å². The van der Waals surface area contributed by atoms with E-state index in [1.54, 1.807) is 35.4 Å². The molecule has 0 bridgehead atoms. The molecule has 1 atom stereocenters. The predicted octanol–water partition coefficient (Wildman–Crippen LogP) is 3.31. The summed E-state index contributed by atoms with van der Waals surface area (Å²) in [6.07, 6.45) is 5.98. The molecule has 0 aromatic heterocycles. The lowest BCUT2D eigenvalue weighted by atomic mass is 10.1. The molecule has 0 aliphatic carbocycles. The largest absolute Gasteiger partial charge is 0.378 e. The Hall–Kier alpha value is 0.01000. The van der Waals surface area contributed by atoms with Gasteiger partial charge < -0.3 is 40.7 Å². The summed E-state index contributed by atoms with van der Waals surface area (Å²) in [7, 11) is 7.25. The van der Waals surface area contributed by atoms with Crippen LogP contribution in [0.5, 0.6) is 0 Å². The molecule has 13 heteroatoms. The Kier molecular flexibility index (Phi) is 31.0. The summed E-state index contributed by atoms with van der Waals surface area (Å²) in [4.78, 5) is 34.8. The van der Waals surface area contributed by atoms with Crippen molar-refractivity contribution in [3.05, 3.63) is 0 Å². The number of hydrogen-bond donors (Lipinski definition) is 4. The number of unbranched alkanes of at least 4 members (excludes halogenated alkanes) is 1. The second-order valence-electron chi connectivity index (χ2n) is 8.96. The van der Waals surface area contributed by atoms with Crippen LogP contribution in [0.2, 0.25) is 0 Å². The SMILES string of the molecule is CC(=O)CCCSSCCNCCCCC(NCCSSCCCC(C)=O)C(=O)NCCOCCOCCN. The van der Waals surface area contributed by atoms with Crippen LogP contribution in [0.3, 0.4) is 0 Å². The summed E-state index contributed by atoms with van der Waals surface area (Å²) in [5, 5.41) is 9.89. The molecule has 5 N–H and O–H groups in total. The quantitative estimate of drug-likeness (QED) is 0.0663. The van der Waals surface area contributed by atoms with Gasteiger partial charge in [-0.1, -0.05) is 49.6 Å². The Labute approximate surface area is 252 Å². The van der Waals surface area contributed by atoms with E-state index in [-0.39, 0.29) is 23.5 Å². The Morgan fingerprint density at radius 2 is 1.28 bits per heavy atom. The zero-order valence-electron chi connectivity index (χ0n) is 24.0. The minimum absolute atomic E-state index is 0.0169. The maximum absolute atomic E-state index is 12.8. The highest BCUT2D eigenvalue weighted by molar-refractivity contribution is 8.77. The van der Waals surface area contributed by atoms with Crippen molar-refractivity contribution in [1.82, 2.24) is 16.0 Å². The van der Waals surface area contributed by atoms with Gasteiger partial charge in [-0.05, 0) is 46.1 Å². The molecule has 0 aliphatic rings. The summed E-state index contributed by atoms with van der Waals surface area (Å²) in [5.41, 5.74) is 5.38. The van der Waals surface area contributed by atoms with Crippen molar-refractivity contribution >= 4 is 60.6 Å². The Morgan fingerprint density at radius 3 is 1.90 bits per heavy atom. The molecule has 1 unspecified atom stereocenters. The highest BCUT2D eigenvalue weighted by Gasteiger charge is 2.17. The molecular weight excluding hydrogens is 577 g/mol. The maximum atomic E-state index is 12.8. The third kappa shape index (κ3) is 30.8. The van der Waals surface area contributed by atoms with Gasteiger partial charge >= 0.3 is 0 Å². The van der Waals surface area contributed by atoms with Crippen LogP contribution in [-0.4, -0.2) is 106 Å². The second-order valence-corrected chi connectivity index (χ2v) is 14.4. The molecule has 0 aromatic carbocycles. The van der Waals surface area contributed by atoms with Gasteiger partial charge in [-0.25, -0.2) is 0 Å². The van der Waals surface area contributed by atoms with Crippen LogP contribution < -0.4 is 21.7 Å². The van der Waals surface area contributed by atoms with Gasteiger partial charge in [0.15, 0.2) is 0 Å². The highest BCUT2D eigenvalue weighted by Crippen LogP contribution is 2.22. The molecular formula is C26H52N4O5S4. The molecule has 0 saturated carbocycles. The van der Waals surface area contributed by atoms with Crippen molar-refractivity contribution in [2.45, 2.75) is 64.8 Å². The first kappa shape index (κ1) is 39.0. The summed E-state index contributed by atoms with van der Waals surface area (Å²) in [6.45, 7) is 8.89. The first-order valence-electron chi connectivity index (χ1n) is 14.0. The number of Topliss-reactive ketones (excluding diaryl/α,β-unsaturated/α-hetero) is 2. The fraction of sp³-hybridized carbons (Fsp3) is 0.885. The third-order valence-electron chi connectivity index (χ3n) is 5.21. The highest BCUT2D eigenvalue weighted by atomic mass is 33.1. The molecule has 0 spiro atoms. The van der Waals surface area contributed by atoms with Crippen LogP contribution >= 0.6 is 43.2 Å². The van der Waals surface area contributed by atoms with Gasteiger partial charge in [0.2, 0.25) is 5.91 Å². The lowest BCUT2D eigenvalue weighted by Crippen LogP contribution is -2.45. The minimum atomic E-state index is -0.219. The molecule has 0 fully saturated rings. The van der Waals surface area contributed by atoms with E-state index in [9.17, 15) is 14.4 Å². The summed E-state index contributed by atoms with van der Waals surface area (Å²) < 4.78 is 10.8. The number of rotatable bonds is 31. The lowest BCUT2D eigenvalue weighted by Gasteiger charge is -2.18. The number of hydrogen-bond acceptors (Lipinski definition) is 12. The van der Waals surface area contributed by atoms with Gasteiger partial charge in [0.05, 0.1) is 32.5 Å². The monoisotopic (exact) mass is 628 g/mol. The smallest absolute Gasteiger partial charge is 0.237 e. The lowest BCUT2D eigenvalue weighted by molar-refractivity contribution is -0.123. The van der Waals surface area contributed by atoms with Crippen LogP contribution in [0.15, 0.2) is 0 Å². The Balaban J connectivity index is 4.06. The van der Waals surface area contributed by atoms with Crippen LogP contribution in [0.1, 0.15) is 58.8 Å². The molecule has 0 heterocycles. The average Bonchev–Trinajstić information content (AvgIpc) is 2.90. The average molecular weight is 629 g/mol. The number of nitrogens with two attached hydrogens (primary N) is 1. The number of ether oxygens (including phenoxy) is 2. The van der Waals surface area contributed by atoms with Crippen LogP contribution in [-0.2, 0) is 23.9 Å². The fourth-order valence-corrected chi connectivity index (χ4v) is 7.25. The van der Waals surface area contributed by atoms with Gasteiger partial charge in [0.25, 0.3) is 0 Å². The van der Waals surface area contributed by atoms with E-state index in [0.29, 0.717) is 52.4 Å². The van der Waals surface area contributed by atoms with Crippen molar-refractivity contribution in [3.8, 4) is 0 Å². The number of carbonyl (C=O) groups excluding carboxylic acids is 3. The van der Waals surface area contributed by atoms with Crippen molar-refractivity contribution in [3.63, 3.8) is 0 Å². The normalized spacial score (nSPS) is 12.0. The molecule has 39 heavy (non-hydrogen) atoms. The Bertz CT molecular complexity index is 609. The van der Waals surface area contributed by atoms with Gasteiger partial charge in [-0.2, -0.15) is 0 Å². The van der Waals surface area contributed by atoms with E-state index in [1.807, 2.05) is 21.6 Å². The molecule has 0 saturated heterocycles. The van der Waals surface area contributed by atoms with Gasteiger partial charge in [0.1, 0.15) is 11.6 Å². The van der Waals surface area contributed by atoms with Crippen molar-refractivity contribution in [1.29, 1.82) is 0 Å². The standard InChI is InChI=1S/C26H52N4O5S4/c1-23(31)7-5-19-36-38-21-13-28-11-4-3-9-25(29-14-22-39-37-20-6-8-24(2)32)26(33)30-12-16-35-18-17-34-15-10-27/h25,28-29H,3-22,27H2,1-2H3,(H,30,33). The first-order chi connectivity index (χ1) is 19.0. The summed E-state index contributed by atoms with van der Waals surface area (Å²) in [5.74, 6) is 4.47. The van der Waals surface area contributed by atoms with Gasteiger partial charge in [0, 0.05) is 62.0 Å². The van der Waals surface area contributed by atoms with Gasteiger partial charge in [-0.15, -0.1) is 0 Å². The predicted molar refractivity (Wildman–Crippen MR) is 172 cm³/mol. The number of carbonyl (C=O) groups is 3. The number of amides is 1. The molecule has 0 aromatic rings. The second kappa shape index (κ2) is 31.0. The van der Waals surface area contributed by atoms with E-state index in [1.165, 1.54) is 0 Å². The summed E-state index contributed by atoms with van der Waals surface area (Å²) >= 11 is 0. The van der Waals surface area contributed by atoms with E-state index in [4.69, 9.17) is 15.2 Å². The van der Waals surface area contributed by atoms with Crippen LogP contribution in [0, 0.1) is 0 Å². The molecule has 0 radical (unpaired) electrons. The van der Waals surface area contributed by atoms with Gasteiger partial charge in [-0.3, -0.25) is 4.79 Å². The fourth-order valence-electron chi connectivity index (χ4n) is 3.21.